The number of esters is 1. The van der Waals surface area contributed by atoms with Crippen LogP contribution in [0.2, 0.25) is 0 Å². The van der Waals surface area contributed by atoms with Gasteiger partial charge in [0.15, 0.2) is 0 Å². The molecule has 1 saturated carbocycles. The highest BCUT2D eigenvalue weighted by Crippen LogP contribution is 2.47. The molecule has 1 aliphatic heterocycles. The molecule has 3 atom stereocenters. The quantitative estimate of drug-likeness (QED) is 0.618. The molecule has 2 fully saturated rings. The van der Waals surface area contributed by atoms with Crippen LogP contribution in [0.15, 0.2) is 0 Å². The van der Waals surface area contributed by atoms with Gasteiger partial charge in [-0.15, -0.1) is 0 Å². The van der Waals surface area contributed by atoms with Crippen molar-refractivity contribution < 1.29 is 14.3 Å². The molecule has 2 rings (SSSR count). The van der Waals surface area contributed by atoms with Gasteiger partial charge in [-0.05, 0) is 12.8 Å². The molecule has 1 saturated heterocycles. The minimum absolute atomic E-state index is 0.215. The molecule has 0 spiro atoms. The van der Waals surface area contributed by atoms with Crippen LogP contribution in [0.1, 0.15) is 19.3 Å². The first kappa shape index (κ1) is 8.97. The van der Waals surface area contributed by atoms with E-state index < -0.39 is 0 Å². The molecule has 0 aromatic heterocycles. The number of carbonyl (C=O) groups excluding carboxylic acids is 1. The van der Waals surface area contributed by atoms with Crippen LogP contribution in [0.5, 0.6) is 0 Å². The van der Waals surface area contributed by atoms with E-state index in [1.54, 1.807) is 0 Å². The van der Waals surface area contributed by atoms with E-state index in [2.05, 4.69) is 4.74 Å². The van der Waals surface area contributed by atoms with Crippen LogP contribution in [0.25, 0.3) is 0 Å². The van der Waals surface area contributed by atoms with Crippen LogP contribution in [0.3, 0.4) is 0 Å². The molecular formula is C9H15NO3. The van der Waals surface area contributed by atoms with Gasteiger partial charge >= 0.3 is 5.97 Å². The van der Waals surface area contributed by atoms with Crippen molar-refractivity contribution in [3.8, 4) is 0 Å². The number of methoxy groups -OCH3 is 1. The Balaban J connectivity index is 1.95. The van der Waals surface area contributed by atoms with Gasteiger partial charge in [-0.2, -0.15) is 0 Å². The lowest BCUT2D eigenvalue weighted by Crippen LogP contribution is -2.62. The number of hydrogen-bond acceptors (Lipinski definition) is 4. The maximum Gasteiger partial charge on any atom is 0.307 e. The van der Waals surface area contributed by atoms with Crippen molar-refractivity contribution in [3.63, 3.8) is 0 Å². The summed E-state index contributed by atoms with van der Waals surface area (Å²) in [4.78, 5) is 11.1. The zero-order chi connectivity index (χ0) is 9.47. The first-order valence-corrected chi connectivity index (χ1v) is 4.63. The van der Waals surface area contributed by atoms with Gasteiger partial charge in [-0.25, -0.2) is 0 Å². The summed E-state index contributed by atoms with van der Waals surface area (Å²) in [6.45, 7) is 0.787. The summed E-state index contributed by atoms with van der Waals surface area (Å²) in [7, 11) is 1.40. The third-order valence-electron chi connectivity index (χ3n) is 3.23. The third kappa shape index (κ3) is 1.34. The average molecular weight is 185 g/mol. The Morgan fingerprint density at radius 3 is 3.15 bits per heavy atom. The molecule has 0 amide bonds. The van der Waals surface area contributed by atoms with Crippen molar-refractivity contribution in [2.24, 2.45) is 11.7 Å². The van der Waals surface area contributed by atoms with E-state index in [0.717, 1.165) is 19.4 Å². The predicted molar refractivity (Wildman–Crippen MR) is 46.0 cm³/mol. The topological polar surface area (TPSA) is 61.5 Å². The second-order valence-electron chi connectivity index (χ2n) is 3.99. The smallest absolute Gasteiger partial charge is 0.307 e. The fourth-order valence-electron chi connectivity index (χ4n) is 2.42. The molecule has 2 aliphatic rings. The Labute approximate surface area is 77.4 Å². The zero-order valence-corrected chi connectivity index (χ0v) is 7.79. The molecule has 74 valence electrons. The van der Waals surface area contributed by atoms with Crippen LogP contribution in [-0.2, 0) is 14.3 Å². The standard InChI is InChI=1S/C9H15NO3/c1-12-8(11)5-9(10)4-7-6(9)2-3-13-7/h6-7H,2-5,10H2,1H3/t6-,7-,9?/m0/s1. The number of carbonyl (C=O) groups is 1. The van der Waals surface area contributed by atoms with Gasteiger partial charge in [-0.3, -0.25) is 4.79 Å². The van der Waals surface area contributed by atoms with Crippen molar-refractivity contribution in [1.29, 1.82) is 0 Å². The average Bonchev–Trinajstić information content (AvgIpc) is 2.47. The maximum atomic E-state index is 11.1. The summed E-state index contributed by atoms with van der Waals surface area (Å²) in [5, 5.41) is 0. The van der Waals surface area contributed by atoms with Crippen molar-refractivity contribution in [2.45, 2.75) is 30.9 Å². The maximum absolute atomic E-state index is 11.1. The van der Waals surface area contributed by atoms with Crippen LogP contribution in [0, 0.1) is 5.92 Å². The Hall–Kier alpha value is -0.610. The van der Waals surface area contributed by atoms with E-state index in [4.69, 9.17) is 10.5 Å². The summed E-state index contributed by atoms with van der Waals surface area (Å²) < 4.78 is 10.0. The van der Waals surface area contributed by atoms with Crippen LogP contribution in [0.4, 0.5) is 0 Å². The third-order valence-corrected chi connectivity index (χ3v) is 3.23. The van der Waals surface area contributed by atoms with Gasteiger partial charge in [0, 0.05) is 18.1 Å². The lowest BCUT2D eigenvalue weighted by molar-refractivity contribution is -0.145. The molecule has 1 unspecified atom stereocenters. The first-order chi connectivity index (χ1) is 6.15. The number of rotatable bonds is 2. The molecule has 4 nitrogen and oxygen atoms in total. The molecule has 1 heterocycles. The SMILES string of the molecule is COC(=O)CC1(N)C[C@@H]2OCC[C@@H]21. The lowest BCUT2D eigenvalue weighted by Gasteiger charge is -2.48. The molecule has 4 heteroatoms. The minimum Gasteiger partial charge on any atom is -0.469 e. The normalized spacial score (nSPS) is 42.3. The van der Waals surface area contributed by atoms with E-state index in [-0.39, 0.29) is 11.5 Å². The minimum atomic E-state index is -0.353. The van der Waals surface area contributed by atoms with Crippen LogP contribution >= 0.6 is 0 Å². The highest BCUT2D eigenvalue weighted by atomic mass is 16.5. The Bertz CT molecular complexity index is 231. The fraction of sp³-hybridized carbons (Fsp3) is 0.889. The van der Waals surface area contributed by atoms with E-state index in [1.807, 2.05) is 0 Å². The molecule has 1 aliphatic carbocycles. The molecule has 0 aromatic rings. The molecule has 2 N–H and O–H groups in total. The zero-order valence-electron chi connectivity index (χ0n) is 7.79. The number of ether oxygens (including phenoxy) is 2. The van der Waals surface area contributed by atoms with Crippen molar-refractivity contribution in [1.82, 2.24) is 0 Å². The van der Waals surface area contributed by atoms with E-state index in [0.29, 0.717) is 18.4 Å². The van der Waals surface area contributed by atoms with Gasteiger partial charge in [0.1, 0.15) is 0 Å². The van der Waals surface area contributed by atoms with Crippen LogP contribution < -0.4 is 5.73 Å². The molecule has 0 bridgehead atoms. The monoisotopic (exact) mass is 185 g/mol. The van der Waals surface area contributed by atoms with Gasteiger partial charge in [0.05, 0.1) is 19.6 Å². The molecule has 0 aromatic carbocycles. The second-order valence-corrected chi connectivity index (χ2v) is 3.99. The number of nitrogens with two attached hydrogens (primary N) is 1. The van der Waals surface area contributed by atoms with Gasteiger partial charge in [-0.1, -0.05) is 0 Å². The van der Waals surface area contributed by atoms with Crippen molar-refractivity contribution in [2.75, 3.05) is 13.7 Å². The van der Waals surface area contributed by atoms with Crippen molar-refractivity contribution in [3.05, 3.63) is 0 Å². The van der Waals surface area contributed by atoms with E-state index in [9.17, 15) is 4.79 Å². The molecule has 13 heavy (non-hydrogen) atoms. The Morgan fingerprint density at radius 2 is 2.54 bits per heavy atom. The highest BCUT2D eigenvalue weighted by molar-refractivity contribution is 5.71. The van der Waals surface area contributed by atoms with E-state index >= 15 is 0 Å². The van der Waals surface area contributed by atoms with E-state index in [1.165, 1.54) is 7.11 Å². The molecule has 0 radical (unpaired) electrons. The lowest BCUT2D eigenvalue weighted by atomic mass is 9.63. The van der Waals surface area contributed by atoms with Gasteiger partial charge in [0.2, 0.25) is 0 Å². The summed E-state index contributed by atoms with van der Waals surface area (Å²) in [6, 6.07) is 0. The first-order valence-electron chi connectivity index (χ1n) is 4.63. The van der Waals surface area contributed by atoms with Gasteiger partial charge < -0.3 is 15.2 Å². The van der Waals surface area contributed by atoms with Gasteiger partial charge in [0.25, 0.3) is 0 Å². The predicted octanol–water partition coefficient (Wildman–Crippen LogP) is 0.0558. The Morgan fingerprint density at radius 1 is 1.77 bits per heavy atom. The molecular weight excluding hydrogens is 170 g/mol. The summed E-state index contributed by atoms with van der Waals surface area (Å²) in [5.41, 5.74) is 5.73. The van der Waals surface area contributed by atoms with Crippen LogP contribution in [-0.4, -0.2) is 31.3 Å². The fourth-order valence-corrected chi connectivity index (χ4v) is 2.42. The number of hydrogen-bond donors (Lipinski definition) is 1. The highest BCUT2D eigenvalue weighted by Gasteiger charge is 2.55. The Kier molecular flexibility index (Phi) is 2.04. The number of fused-ring (bicyclic) bond motifs is 1. The summed E-state index contributed by atoms with van der Waals surface area (Å²) >= 11 is 0. The summed E-state index contributed by atoms with van der Waals surface area (Å²) in [6.07, 6.45) is 2.41. The summed E-state index contributed by atoms with van der Waals surface area (Å²) in [5.74, 6) is 0.152. The largest absolute Gasteiger partial charge is 0.469 e. The second kappa shape index (κ2) is 2.96. The van der Waals surface area contributed by atoms with Crippen molar-refractivity contribution >= 4 is 5.97 Å².